The van der Waals surface area contributed by atoms with Crippen LogP contribution in [0.4, 0.5) is 0 Å². The molecule has 134 valence electrons. The van der Waals surface area contributed by atoms with Crippen molar-refractivity contribution in [1.29, 1.82) is 0 Å². The van der Waals surface area contributed by atoms with E-state index >= 15 is 0 Å². The Morgan fingerprint density at radius 1 is 1.23 bits per heavy atom. The molecule has 3 rings (SSSR count). The lowest BCUT2D eigenvalue weighted by molar-refractivity contribution is -0.145. The van der Waals surface area contributed by atoms with Gasteiger partial charge in [0.2, 0.25) is 0 Å². The maximum Gasteiger partial charge on any atom is 0.326 e. The SMILES string of the molecule is CC(C)C[C@@H](C(=O)O)N1C(=O)/C(=C/c2cccc3ccccc23)SC1=S. The average molecular weight is 386 g/mol. The number of carbonyl (C=O) groups is 2. The number of carboxylic acids is 1. The zero-order valence-electron chi connectivity index (χ0n) is 14.5. The number of thiocarbonyl (C=S) groups is 1. The number of fused-ring (bicyclic) bond motifs is 1. The van der Waals surface area contributed by atoms with Gasteiger partial charge in [-0.15, -0.1) is 0 Å². The summed E-state index contributed by atoms with van der Waals surface area (Å²) in [5, 5.41) is 11.7. The predicted molar refractivity (Wildman–Crippen MR) is 110 cm³/mol. The van der Waals surface area contributed by atoms with Crippen LogP contribution in [-0.2, 0) is 9.59 Å². The highest BCUT2D eigenvalue weighted by molar-refractivity contribution is 8.26. The Kier molecular flexibility index (Phi) is 5.44. The van der Waals surface area contributed by atoms with Crippen molar-refractivity contribution in [2.45, 2.75) is 26.3 Å². The molecule has 0 unspecified atom stereocenters. The van der Waals surface area contributed by atoms with E-state index in [1.807, 2.05) is 56.3 Å². The number of hydrogen-bond acceptors (Lipinski definition) is 4. The van der Waals surface area contributed by atoms with Crippen molar-refractivity contribution in [2.75, 3.05) is 0 Å². The van der Waals surface area contributed by atoms with Gasteiger partial charge in [-0.05, 0) is 34.8 Å². The summed E-state index contributed by atoms with van der Waals surface area (Å²) >= 11 is 6.48. The molecule has 1 atom stereocenters. The second-order valence-corrected chi connectivity index (χ2v) is 8.28. The Balaban J connectivity index is 1.97. The van der Waals surface area contributed by atoms with Gasteiger partial charge in [-0.1, -0.05) is 80.3 Å². The molecule has 0 bridgehead atoms. The van der Waals surface area contributed by atoms with Gasteiger partial charge in [0.15, 0.2) is 0 Å². The van der Waals surface area contributed by atoms with Gasteiger partial charge in [-0.3, -0.25) is 9.69 Å². The summed E-state index contributed by atoms with van der Waals surface area (Å²) in [5.74, 6) is -1.22. The van der Waals surface area contributed by atoms with Crippen LogP contribution in [0.25, 0.3) is 16.8 Å². The van der Waals surface area contributed by atoms with E-state index in [9.17, 15) is 14.7 Å². The number of thioether (sulfide) groups is 1. The number of amides is 1. The third-order valence-corrected chi connectivity index (χ3v) is 5.56. The molecule has 1 N–H and O–H groups in total. The number of nitrogens with zero attached hydrogens (tertiary/aromatic N) is 1. The van der Waals surface area contributed by atoms with Crippen LogP contribution in [0.5, 0.6) is 0 Å². The van der Waals surface area contributed by atoms with Gasteiger partial charge in [0.05, 0.1) is 4.91 Å². The van der Waals surface area contributed by atoms with E-state index in [1.54, 1.807) is 6.08 Å². The Morgan fingerprint density at radius 3 is 2.62 bits per heavy atom. The molecule has 0 saturated carbocycles. The van der Waals surface area contributed by atoms with Gasteiger partial charge >= 0.3 is 5.97 Å². The summed E-state index contributed by atoms with van der Waals surface area (Å²) in [6.07, 6.45) is 2.17. The van der Waals surface area contributed by atoms with E-state index in [2.05, 4.69) is 0 Å². The lowest BCUT2D eigenvalue weighted by atomic mass is 10.0. The highest BCUT2D eigenvalue weighted by atomic mass is 32.2. The molecule has 1 amide bonds. The molecule has 1 saturated heterocycles. The molecule has 0 radical (unpaired) electrons. The van der Waals surface area contributed by atoms with E-state index in [1.165, 1.54) is 4.90 Å². The first kappa shape index (κ1) is 18.6. The van der Waals surface area contributed by atoms with Crippen LogP contribution in [0.2, 0.25) is 0 Å². The molecule has 1 aliphatic heterocycles. The zero-order valence-corrected chi connectivity index (χ0v) is 16.1. The molecule has 1 aliphatic rings. The molecular weight excluding hydrogens is 366 g/mol. The smallest absolute Gasteiger partial charge is 0.326 e. The highest BCUT2D eigenvalue weighted by Crippen LogP contribution is 2.36. The maximum atomic E-state index is 12.9. The van der Waals surface area contributed by atoms with E-state index in [0.29, 0.717) is 15.6 Å². The van der Waals surface area contributed by atoms with Gasteiger partial charge in [0.1, 0.15) is 10.4 Å². The monoisotopic (exact) mass is 385 g/mol. The number of carbonyl (C=O) groups excluding carboxylic acids is 1. The first-order chi connectivity index (χ1) is 12.4. The maximum absolute atomic E-state index is 12.9. The first-order valence-electron chi connectivity index (χ1n) is 8.36. The van der Waals surface area contributed by atoms with Crippen molar-refractivity contribution in [3.63, 3.8) is 0 Å². The summed E-state index contributed by atoms with van der Waals surface area (Å²) in [6, 6.07) is 12.9. The summed E-state index contributed by atoms with van der Waals surface area (Å²) < 4.78 is 0.300. The molecular formula is C20H19NO3S2. The van der Waals surface area contributed by atoms with Crippen molar-refractivity contribution in [1.82, 2.24) is 4.90 Å². The fourth-order valence-corrected chi connectivity index (χ4v) is 4.38. The Bertz CT molecular complexity index is 915. The van der Waals surface area contributed by atoms with E-state index < -0.39 is 12.0 Å². The van der Waals surface area contributed by atoms with Crippen LogP contribution in [0.1, 0.15) is 25.8 Å². The molecule has 1 heterocycles. The largest absolute Gasteiger partial charge is 0.480 e. The molecule has 0 aliphatic carbocycles. The van der Waals surface area contributed by atoms with E-state index in [-0.39, 0.29) is 11.8 Å². The van der Waals surface area contributed by atoms with Gasteiger partial charge < -0.3 is 5.11 Å². The third kappa shape index (κ3) is 3.66. The molecule has 4 nitrogen and oxygen atoms in total. The molecule has 2 aromatic carbocycles. The number of aliphatic carboxylic acids is 1. The molecule has 26 heavy (non-hydrogen) atoms. The zero-order chi connectivity index (χ0) is 18.8. The van der Waals surface area contributed by atoms with Crippen molar-refractivity contribution in [2.24, 2.45) is 5.92 Å². The predicted octanol–water partition coefficient (Wildman–Crippen LogP) is 4.54. The van der Waals surface area contributed by atoms with Crippen molar-refractivity contribution >= 4 is 57.0 Å². The van der Waals surface area contributed by atoms with Gasteiger partial charge in [0.25, 0.3) is 5.91 Å². The van der Waals surface area contributed by atoms with Crippen LogP contribution in [0.3, 0.4) is 0 Å². The van der Waals surface area contributed by atoms with Crippen molar-refractivity contribution < 1.29 is 14.7 Å². The molecule has 2 aromatic rings. The fourth-order valence-electron chi connectivity index (χ4n) is 3.03. The van der Waals surface area contributed by atoms with Crippen LogP contribution < -0.4 is 0 Å². The van der Waals surface area contributed by atoms with Crippen molar-refractivity contribution in [3.05, 3.63) is 52.9 Å². The highest BCUT2D eigenvalue weighted by Gasteiger charge is 2.40. The molecule has 0 aromatic heterocycles. The van der Waals surface area contributed by atoms with Crippen LogP contribution >= 0.6 is 24.0 Å². The fraction of sp³-hybridized carbons (Fsp3) is 0.250. The number of carboxylic acid groups (broad SMARTS) is 1. The lowest BCUT2D eigenvalue weighted by Crippen LogP contribution is -2.44. The number of rotatable bonds is 5. The summed E-state index contributed by atoms with van der Waals surface area (Å²) in [7, 11) is 0. The minimum atomic E-state index is -1.03. The standard InChI is InChI=1S/C20H19NO3S2/c1-12(2)10-16(19(23)24)21-18(22)17(26-20(21)25)11-14-8-5-7-13-6-3-4-9-15(13)14/h3-9,11-12,16H,10H2,1-2H3,(H,23,24)/b17-11-/t16-/m0/s1. The summed E-state index contributed by atoms with van der Waals surface area (Å²) in [5.41, 5.74) is 0.916. The normalized spacial score (nSPS) is 17.5. The molecule has 0 spiro atoms. The Hall–Kier alpha value is -2.18. The topological polar surface area (TPSA) is 57.6 Å². The van der Waals surface area contributed by atoms with Crippen LogP contribution in [0.15, 0.2) is 47.4 Å². The second-order valence-electron chi connectivity index (χ2n) is 6.60. The average Bonchev–Trinajstić information content (AvgIpc) is 2.86. The van der Waals surface area contributed by atoms with Crippen LogP contribution in [0, 0.1) is 5.92 Å². The Labute approximate surface area is 161 Å². The Morgan fingerprint density at radius 2 is 1.92 bits per heavy atom. The van der Waals surface area contributed by atoms with E-state index in [4.69, 9.17) is 12.2 Å². The number of hydrogen-bond donors (Lipinski definition) is 1. The van der Waals surface area contributed by atoms with Crippen LogP contribution in [-0.4, -0.2) is 32.2 Å². The third-order valence-electron chi connectivity index (χ3n) is 4.22. The van der Waals surface area contributed by atoms with E-state index in [0.717, 1.165) is 28.1 Å². The lowest BCUT2D eigenvalue weighted by Gasteiger charge is -2.24. The summed E-state index contributed by atoms with van der Waals surface area (Å²) in [6.45, 7) is 3.86. The first-order valence-corrected chi connectivity index (χ1v) is 9.58. The molecule has 1 fully saturated rings. The van der Waals surface area contributed by atoms with Crippen molar-refractivity contribution in [3.8, 4) is 0 Å². The second kappa shape index (κ2) is 7.60. The summed E-state index contributed by atoms with van der Waals surface area (Å²) in [4.78, 5) is 26.2. The van der Waals surface area contributed by atoms with Gasteiger partial charge in [-0.2, -0.15) is 0 Å². The van der Waals surface area contributed by atoms with Gasteiger partial charge in [-0.25, -0.2) is 4.79 Å². The number of benzene rings is 2. The minimum absolute atomic E-state index is 0.141. The minimum Gasteiger partial charge on any atom is -0.480 e. The van der Waals surface area contributed by atoms with Gasteiger partial charge in [0, 0.05) is 0 Å². The molecule has 6 heteroatoms. The quantitative estimate of drug-likeness (QED) is 0.605.